The van der Waals surface area contributed by atoms with Gasteiger partial charge in [-0.05, 0) is 24.3 Å². The van der Waals surface area contributed by atoms with Crippen LogP contribution in [-0.4, -0.2) is 43.2 Å². The van der Waals surface area contributed by atoms with Gasteiger partial charge in [0.15, 0.2) is 35.6 Å². The molecule has 0 heterocycles. The number of carbonyl (C=O) groups excluding carboxylic acids is 3. The Balaban J connectivity index is 1.83. The molecule has 29 heavy (non-hydrogen) atoms. The number of benzene rings is 2. The Kier molecular flexibility index (Phi) is 7.01. The first-order chi connectivity index (χ1) is 13.7. The highest BCUT2D eigenvalue weighted by Crippen LogP contribution is 2.29. The minimum atomic E-state index is -1.75. The first-order valence-corrected chi connectivity index (χ1v) is 7.97. The molecule has 0 bridgehead atoms. The van der Waals surface area contributed by atoms with Gasteiger partial charge in [0, 0.05) is 0 Å². The van der Waals surface area contributed by atoms with E-state index in [1.807, 2.05) is 5.32 Å². The summed E-state index contributed by atoms with van der Waals surface area (Å²) in [6, 6.07) is 5.53. The SMILES string of the molecule is COc1cccc(C(=O)OCC(=O)NCC(=O)Nc2ccc(F)c(F)c2F)c1O. The molecule has 0 atom stereocenters. The van der Waals surface area contributed by atoms with Crippen LogP contribution < -0.4 is 15.4 Å². The van der Waals surface area contributed by atoms with Crippen molar-refractivity contribution in [1.82, 2.24) is 5.32 Å². The molecule has 2 amide bonds. The van der Waals surface area contributed by atoms with Gasteiger partial charge in [0.25, 0.3) is 5.91 Å². The van der Waals surface area contributed by atoms with Crippen LogP contribution >= 0.6 is 0 Å². The summed E-state index contributed by atoms with van der Waals surface area (Å²) in [6.07, 6.45) is 0. The molecule has 0 spiro atoms. The van der Waals surface area contributed by atoms with Gasteiger partial charge in [-0.15, -0.1) is 0 Å². The van der Waals surface area contributed by atoms with E-state index in [9.17, 15) is 32.7 Å². The smallest absolute Gasteiger partial charge is 0.342 e. The fraction of sp³-hybridized carbons (Fsp3) is 0.167. The van der Waals surface area contributed by atoms with Gasteiger partial charge in [-0.1, -0.05) is 6.07 Å². The first kappa shape index (κ1) is 21.5. The van der Waals surface area contributed by atoms with E-state index >= 15 is 0 Å². The zero-order chi connectivity index (χ0) is 21.6. The topological polar surface area (TPSA) is 114 Å². The van der Waals surface area contributed by atoms with E-state index in [0.717, 1.165) is 6.07 Å². The second kappa shape index (κ2) is 9.44. The van der Waals surface area contributed by atoms with Gasteiger partial charge in [0.2, 0.25) is 5.91 Å². The summed E-state index contributed by atoms with van der Waals surface area (Å²) in [6.45, 7) is -1.43. The zero-order valence-corrected chi connectivity index (χ0v) is 14.9. The van der Waals surface area contributed by atoms with Crippen LogP contribution in [-0.2, 0) is 14.3 Å². The standard InChI is InChI=1S/C18H15F3N2O6/c1-28-12-4-2-3-9(17(12)26)18(27)29-8-14(25)22-7-13(24)23-11-6-5-10(19)15(20)16(11)21/h2-6,26H,7-8H2,1H3,(H,22,25)(H,23,24). The quantitative estimate of drug-likeness (QED) is 0.472. The molecule has 0 aliphatic heterocycles. The van der Waals surface area contributed by atoms with Crippen molar-refractivity contribution < 1.29 is 42.1 Å². The van der Waals surface area contributed by atoms with Crippen LogP contribution in [0.3, 0.4) is 0 Å². The van der Waals surface area contributed by atoms with Crippen molar-refractivity contribution in [2.75, 3.05) is 25.6 Å². The number of para-hydroxylation sites is 1. The lowest BCUT2D eigenvalue weighted by Gasteiger charge is -2.10. The largest absolute Gasteiger partial charge is 0.504 e. The minimum absolute atomic E-state index is 0.0324. The number of phenolic OH excluding ortho intramolecular Hbond substituents is 1. The van der Waals surface area contributed by atoms with Gasteiger partial charge in [-0.2, -0.15) is 0 Å². The minimum Gasteiger partial charge on any atom is -0.504 e. The zero-order valence-electron chi connectivity index (χ0n) is 14.9. The second-order valence-corrected chi connectivity index (χ2v) is 5.48. The van der Waals surface area contributed by atoms with Gasteiger partial charge in [0.05, 0.1) is 19.3 Å². The Labute approximate surface area is 162 Å². The van der Waals surface area contributed by atoms with Crippen molar-refractivity contribution in [3.05, 3.63) is 53.3 Å². The molecule has 11 heteroatoms. The fourth-order valence-corrected chi connectivity index (χ4v) is 2.11. The highest BCUT2D eigenvalue weighted by Gasteiger charge is 2.18. The van der Waals surface area contributed by atoms with Gasteiger partial charge >= 0.3 is 5.97 Å². The maximum atomic E-state index is 13.5. The lowest BCUT2D eigenvalue weighted by atomic mass is 10.2. The molecule has 0 saturated heterocycles. The Bertz CT molecular complexity index is 951. The number of halogens is 3. The number of nitrogens with one attached hydrogen (secondary N) is 2. The van der Waals surface area contributed by atoms with Crippen LogP contribution in [0.2, 0.25) is 0 Å². The fourth-order valence-electron chi connectivity index (χ4n) is 2.11. The van der Waals surface area contributed by atoms with Gasteiger partial charge in [-0.3, -0.25) is 9.59 Å². The maximum Gasteiger partial charge on any atom is 0.342 e. The number of ether oxygens (including phenoxy) is 2. The number of esters is 1. The molecular weight excluding hydrogens is 397 g/mol. The van der Waals surface area contributed by atoms with Crippen molar-refractivity contribution in [3.63, 3.8) is 0 Å². The molecule has 8 nitrogen and oxygen atoms in total. The lowest BCUT2D eigenvalue weighted by molar-refractivity contribution is -0.126. The Hall–Kier alpha value is -3.76. The van der Waals surface area contributed by atoms with E-state index in [-0.39, 0.29) is 11.3 Å². The molecule has 154 valence electrons. The molecule has 0 aromatic heterocycles. The number of anilines is 1. The van der Waals surface area contributed by atoms with Crippen LogP contribution in [0.25, 0.3) is 0 Å². The van der Waals surface area contributed by atoms with Crippen molar-refractivity contribution >= 4 is 23.5 Å². The summed E-state index contributed by atoms with van der Waals surface area (Å²) in [5.41, 5.74) is -0.841. The maximum absolute atomic E-state index is 13.5. The van der Waals surface area contributed by atoms with Crippen molar-refractivity contribution in [2.45, 2.75) is 0 Å². The van der Waals surface area contributed by atoms with Crippen LogP contribution in [0.1, 0.15) is 10.4 Å². The molecule has 2 rings (SSSR count). The summed E-state index contributed by atoms with van der Waals surface area (Å²) >= 11 is 0. The van der Waals surface area contributed by atoms with Crippen LogP contribution in [0.4, 0.5) is 18.9 Å². The molecule has 0 aliphatic rings. The third-order valence-electron chi connectivity index (χ3n) is 3.53. The average molecular weight is 412 g/mol. The van der Waals surface area contributed by atoms with Gasteiger partial charge in [0.1, 0.15) is 5.56 Å². The van der Waals surface area contributed by atoms with E-state index in [1.165, 1.54) is 25.3 Å². The molecule has 3 N–H and O–H groups in total. The molecule has 0 fully saturated rings. The second-order valence-electron chi connectivity index (χ2n) is 5.48. The van der Waals surface area contributed by atoms with E-state index in [1.54, 1.807) is 0 Å². The molecule has 0 unspecified atom stereocenters. The highest BCUT2D eigenvalue weighted by molar-refractivity contribution is 5.96. The van der Waals surface area contributed by atoms with Crippen molar-refractivity contribution in [2.24, 2.45) is 0 Å². The average Bonchev–Trinajstić information content (AvgIpc) is 2.71. The number of methoxy groups -OCH3 is 1. The molecule has 0 saturated carbocycles. The summed E-state index contributed by atoms with van der Waals surface area (Å²) in [5.74, 6) is -8.00. The summed E-state index contributed by atoms with van der Waals surface area (Å²) in [5, 5.41) is 13.9. The third kappa shape index (κ3) is 5.37. The third-order valence-corrected chi connectivity index (χ3v) is 3.53. The first-order valence-electron chi connectivity index (χ1n) is 7.97. The van der Waals surface area contributed by atoms with Gasteiger partial charge < -0.3 is 25.2 Å². The van der Waals surface area contributed by atoms with Crippen LogP contribution in [0, 0.1) is 17.5 Å². The summed E-state index contributed by atoms with van der Waals surface area (Å²) in [7, 11) is 1.29. The van der Waals surface area contributed by atoms with E-state index < -0.39 is 59.8 Å². The number of hydrogen-bond acceptors (Lipinski definition) is 6. The lowest BCUT2D eigenvalue weighted by Crippen LogP contribution is -2.35. The molecular formula is C18H15F3N2O6. The highest BCUT2D eigenvalue weighted by atomic mass is 19.2. The number of hydrogen-bond donors (Lipinski definition) is 3. The Morgan fingerprint density at radius 2 is 1.76 bits per heavy atom. The Morgan fingerprint density at radius 1 is 1.03 bits per heavy atom. The number of aromatic hydroxyl groups is 1. The predicted molar refractivity (Wildman–Crippen MR) is 92.9 cm³/mol. The van der Waals surface area contributed by atoms with Crippen molar-refractivity contribution in [3.8, 4) is 11.5 Å². The summed E-state index contributed by atoms with van der Waals surface area (Å²) in [4.78, 5) is 35.3. The Morgan fingerprint density at radius 3 is 2.45 bits per heavy atom. The van der Waals surface area contributed by atoms with E-state index in [0.29, 0.717) is 6.07 Å². The predicted octanol–water partition coefficient (Wildman–Crippen LogP) is 1.73. The van der Waals surface area contributed by atoms with Crippen LogP contribution in [0.5, 0.6) is 11.5 Å². The molecule has 0 radical (unpaired) electrons. The van der Waals surface area contributed by atoms with E-state index in [2.05, 4.69) is 5.32 Å². The number of phenols is 1. The molecule has 0 aliphatic carbocycles. The monoisotopic (exact) mass is 412 g/mol. The van der Waals surface area contributed by atoms with Crippen molar-refractivity contribution in [1.29, 1.82) is 0 Å². The molecule has 2 aromatic rings. The van der Waals surface area contributed by atoms with E-state index in [4.69, 9.17) is 9.47 Å². The number of amides is 2. The normalized spacial score (nSPS) is 10.2. The van der Waals surface area contributed by atoms with Crippen LogP contribution in [0.15, 0.2) is 30.3 Å². The summed E-state index contributed by atoms with van der Waals surface area (Å²) < 4.78 is 49.0. The molecule has 2 aromatic carbocycles. The number of carbonyl (C=O) groups is 3. The van der Waals surface area contributed by atoms with Gasteiger partial charge in [-0.25, -0.2) is 18.0 Å². The number of rotatable bonds is 7.